The van der Waals surface area contributed by atoms with Gasteiger partial charge in [-0.2, -0.15) is 0 Å². The summed E-state index contributed by atoms with van der Waals surface area (Å²) in [4.78, 5) is 18.1. The highest BCUT2D eigenvalue weighted by atomic mass is 16.4. The van der Waals surface area contributed by atoms with E-state index in [4.69, 9.17) is 4.42 Å². The van der Waals surface area contributed by atoms with Gasteiger partial charge in [-0.25, -0.2) is 4.98 Å². The van der Waals surface area contributed by atoms with Crippen molar-refractivity contribution in [1.82, 2.24) is 9.88 Å². The fraction of sp³-hybridized carbons (Fsp3) is 0.750. The average Bonchev–Trinajstić information content (AvgIpc) is 2.96. The molecule has 0 saturated carbocycles. The molecule has 2 rings (SSSR count). The monoisotopic (exact) mass is 294 g/mol. The van der Waals surface area contributed by atoms with Crippen LogP contribution in [-0.2, 0) is 16.8 Å². The van der Waals surface area contributed by atoms with Gasteiger partial charge in [0.05, 0.1) is 18.2 Å². The lowest BCUT2D eigenvalue weighted by molar-refractivity contribution is -0.151. The van der Waals surface area contributed by atoms with Gasteiger partial charge in [-0.1, -0.05) is 34.6 Å². The summed E-state index contributed by atoms with van der Waals surface area (Å²) in [5.41, 5.74) is -0.696. The molecule has 1 saturated heterocycles. The van der Waals surface area contributed by atoms with Crippen molar-refractivity contribution in [2.75, 3.05) is 13.1 Å². The first-order valence-corrected chi connectivity index (χ1v) is 7.56. The van der Waals surface area contributed by atoms with Crippen LogP contribution in [0, 0.1) is 11.3 Å². The normalized spacial score (nSPS) is 23.9. The minimum atomic E-state index is -0.692. The molecule has 1 atom stereocenters. The van der Waals surface area contributed by atoms with Crippen LogP contribution in [0.1, 0.15) is 52.7 Å². The van der Waals surface area contributed by atoms with Gasteiger partial charge < -0.3 is 9.52 Å². The van der Waals surface area contributed by atoms with E-state index in [2.05, 4.69) is 30.7 Å². The number of aromatic nitrogens is 1. The van der Waals surface area contributed by atoms with Crippen LogP contribution in [0.25, 0.3) is 0 Å². The van der Waals surface area contributed by atoms with Gasteiger partial charge in [-0.15, -0.1) is 0 Å². The van der Waals surface area contributed by atoms with Crippen molar-refractivity contribution in [2.45, 2.75) is 53.0 Å². The molecular weight excluding hydrogens is 268 g/mol. The molecule has 118 valence electrons. The van der Waals surface area contributed by atoms with Crippen LogP contribution in [-0.4, -0.2) is 34.0 Å². The standard InChI is InChI=1S/C16H26N2O3/c1-11(2)16(14(19)20)6-7-18(10-16)9-13-17-8-12(21-13)15(3,4)5/h8,11H,6-7,9-10H2,1-5H3,(H,19,20). The first kappa shape index (κ1) is 16.0. The number of aliphatic carboxylic acids is 1. The van der Waals surface area contributed by atoms with Gasteiger partial charge in [0.2, 0.25) is 5.89 Å². The van der Waals surface area contributed by atoms with Crippen molar-refractivity contribution in [3.05, 3.63) is 17.8 Å². The number of oxazole rings is 1. The van der Waals surface area contributed by atoms with Gasteiger partial charge in [0.1, 0.15) is 5.76 Å². The summed E-state index contributed by atoms with van der Waals surface area (Å²) in [6, 6.07) is 0. The maximum atomic E-state index is 11.6. The quantitative estimate of drug-likeness (QED) is 0.925. The Labute approximate surface area is 126 Å². The Kier molecular flexibility index (Phi) is 4.15. The van der Waals surface area contributed by atoms with E-state index in [1.54, 1.807) is 6.20 Å². The molecular formula is C16H26N2O3. The Bertz CT molecular complexity index is 516. The minimum absolute atomic E-state index is 0.0565. The highest BCUT2D eigenvalue weighted by Gasteiger charge is 2.47. The number of nitrogens with zero attached hydrogens (tertiary/aromatic N) is 2. The first-order valence-electron chi connectivity index (χ1n) is 7.56. The highest BCUT2D eigenvalue weighted by Crippen LogP contribution is 2.38. The van der Waals surface area contributed by atoms with Crippen LogP contribution in [0.5, 0.6) is 0 Å². The number of rotatable bonds is 4. The Morgan fingerprint density at radius 1 is 1.52 bits per heavy atom. The van der Waals surface area contributed by atoms with Crippen LogP contribution in [0.15, 0.2) is 10.6 Å². The zero-order chi connectivity index (χ0) is 15.8. The van der Waals surface area contributed by atoms with Gasteiger partial charge in [0, 0.05) is 12.0 Å². The van der Waals surface area contributed by atoms with Crippen LogP contribution < -0.4 is 0 Å². The fourth-order valence-electron chi connectivity index (χ4n) is 2.86. The van der Waals surface area contributed by atoms with Crippen molar-refractivity contribution < 1.29 is 14.3 Å². The predicted octanol–water partition coefficient (Wildman–Crippen LogP) is 2.90. The molecule has 2 heterocycles. The van der Waals surface area contributed by atoms with Gasteiger partial charge >= 0.3 is 5.97 Å². The predicted molar refractivity (Wildman–Crippen MR) is 80.0 cm³/mol. The molecule has 5 heteroatoms. The average molecular weight is 294 g/mol. The van der Waals surface area contributed by atoms with Crippen LogP contribution in [0.4, 0.5) is 0 Å². The second-order valence-electron chi connectivity index (χ2n) is 7.44. The fourth-order valence-corrected chi connectivity index (χ4v) is 2.86. The molecule has 21 heavy (non-hydrogen) atoms. The first-order chi connectivity index (χ1) is 9.65. The molecule has 1 fully saturated rings. The number of hydrogen-bond donors (Lipinski definition) is 1. The Morgan fingerprint density at radius 3 is 2.62 bits per heavy atom. The lowest BCUT2D eigenvalue weighted by atomic mass is 9.76. The number of carbonyl (C=O) groups is 1. The number of carboxylic acids is 1. The van der Waals surface area contributed by atoms with Crippen molar-refractivity contribution in [3.8, 4) is 0 Å². The maximum Gasteiger partial charge on any atom is 0.311 e. The van der Waals surface area contributed by atoms with E-state index in [1.807, 2.05) is 13.8 Å². The van der Waals surface area contributed by atoms with E-state index in [0.717, 1.165) is 12.3 Å². The topological polar surface area (TPSA) is 66.6 Å². The number of hydrogen-bond acceptors (Lipinski definition) is 4. The summed E-state index contributed by atoms with van der Waals surface area (Å²) >= 11 is 0. The summed E-state index contributed by atoms with van der Waals surface area (Å²) in [5, 5.41) is 9.56. The van der Waals surface area contributed by atoms with Crippen molar-refractivity contribution in [1.29, 1.82) is 0 Å². The Balaban J connectivity index is 2.06. The number of carboxylic acid groups (broad SMARTS) is 1. The molecule has 0 spiro atoms. The van der Waals surface area contributed by atoms with Crippen molar-refractivity contribution in [2.24, 2.45) is 11.3 Å². The molecule has 1 aromatic rings. The molecule has 1 aliphatic heterocycles. The molecule has 0 aliphatic carbocycles. The van der Waals surface area contributed by atoms with Gasteiger partial charge in [-0.05, 0) is 18.9 Å². The number of likely N-dealkylation sites (tertiary alicyclic amines) is 1. The maximum absolute atomic E-state index is 11.6. The molecule has 0 radical (unpaired) electrons. The third kappa shape index (κ3) is 3.12. The van der Waals surface area contributed by atoms with Crippen LogP contribution in [0.2, 0.25) is 0 Å². The SMILES string of the molecule is CC(C)C1(C(=O)O)CCN(Cc2ncc(C(C)(C)C)o2)C1. The van der Waals surface area contributed by atoms with Gasteiger partial charge in [-0.3, -0.25) is 9.69 Å². The lowest BCUT2D eigenvalue weighted by Crippen LogP contribution is -2.39. The third-order valence-electron chi connectivity index (χ3n) is 4.56. The molecule has 1 aromatic heterocycles. The van der Waals surface area contributed by atoms with E-state index in [1.165, 1.54) is 0 Å². The molecule has 5 nitrogen and oxygen atoms in total. The zero-order valence-electron chi connectivity index (χ0n) is 13.6. The van der Waals surface area contributed by atoms with Crippen LogP contribution >= 0.6 is 0 Å². The van der Waals surface area contributed by atoms with Crippen molar-refractivity contribution >= 4 is 5.97 Å². The summed E-state index contributed by atoms with van der Waals surface area (Å²) in [6.07, 6.45) is 2.46. The minimum Gasteiger partial charge on any atom is -0.481 e. The molecule has 1 aliphatic rings. The van der Waals surface area contributed by atoms with Gasteiger partial charge in [0.15, 0.2) is 0 Å². The summed E-state index contributed by atoms with van der Waals surface area (Å²) in [7, 11) is 0. The molecule has 0 bridgehead atoms. The van der Waals surface area contributed by atoms with E-state index in [0.29, 0.717) is 25.4 Å². The van der Waals surface area contributed by atoms with Gasteiger partial charge in [0.25, 0.3) is 0 Å². The van der Waals surface area contributed by atoms with Crippen molar-refractivity contribution in [3.63, 3.8) is 0 Å². The molecule has 0 aromatic carbocycles. The highest BCUT2D eigenvalue weighted by molar-refractivity contribution is 5.75. The Hall–Kier alpha value is -1.36. The second kappa shape index (κ2) is 5.44. The smallest absolute Gasteiger partial charge is 0.311 e. The largest absolute Gasteiger partial charge is 0.481 e. The molecule has 1 unspecified atom stereocenters. The van der Waals surface area contributed by atoms with Crippen LogP contribution in [0.3, 0.4) is 0 Å². The zero-order valence-corrected chi connectivity index (χ0v) is 13.6. The Morgan fingerprint density at radius 2 is 2.19 bits per heavy atom. The van der Waals surface area contributed by atoms with E-state index in [9.17, 15) is 9.90 Å². The summed E-state index contributed by atoms with van der Waals surface area (Å²) in [5.74, 6) is 0.965. The van der Waals surface area contributed by atoms with E-state index in [-0.39, 0.29) is 11.3 Å². The third-order valence-corrected chi connectivity index (χ3v) is 4.56. The summed E-state index contributed by atoms with van der Waals surface area (Å²) in [6.45, 7) is 12.1. The molecule has 1 N–H and O–H groups in total. The summed E-state index contributed by atoms with van der Waals surface area (Å²) < 4.78 is 5.80. The second-order valence-corrected chi connectivity index (χ2v) is 7.44. The lowest BCUT2D eigenvalue weighted by Gasteiger charge is -2.28. The van der Waals surface area contributed by atoms with E-state index >= 15 is 0 Å². The molecule has 0 amide bonds. The van der Waals surface area contributed by atoms with E-state index < -0.39 is 11.4 Å².